The molecule has 0 rings (SSSR count). The Bertz CT molecular complexity index is 108. The Morgan fingerprint density at radius 3 is 1.88 bits per heavy atom. The van der Waals surface area contributed by atoms with Gasteiger partial charge in [-0.15, -0.1) is 11.6 Å². The van der Waals surface area contributed by atoms with E-state index in [-0.39, 0.29) is 0 Å². The predicted octanol–water partition coefficient (Wildman–Crippen LogP) is 0.444. The Balaban J connectivity index is 3.83. The van der Waals surface area contributed by atoms with E-state index in [1.54, 1.807) is 0 Å². The predicted molar refractivity (Wildman–Crippen MR) is 28.1 cm³/mol. The molecule has 0 aromatic carbocycles. The summed E-state index contributed by atoms with van der Waals surface area (Å²) in [6.07, 6.45) is 0. The first-order valence-corrected chi connectivity index (χ1v) is 2.43. The topological polar surface area (TPSA) is 54.4 Å². The number of carboxylic acid groups (broad SMARTS) is 1. The summed E-state index contributed by atoms with van der Waals surface area (Å²) in [5.41, 5.74) is 0. The van der Waals surface area contributed by atoms with Crippen LogP contribution in [-0.4, -0.2) is 21.7 Å². The fraction of sp³-hybridized carbons (Fsp3) is 0.333. The molecule has 0 heterocycles. The van der Waals surface area contributed by atoms with Gasteiger partial charge in [-0.2, -0.15) is 0 Å². The van der Waals surface area contributed by atoms with Gasteiger partial charge < -0.3 is 5.11 Å². The van der Waals surface area contributed by atoms with Crippen LogP contribution in [0, 0.1) is 0 Å². The van der Waals surface area contributed by atoms with E-state index in [2.05, 4.69) is 11.6 Å². The van der Waals surface area contributed by atoms with Crippen LogP contribution in [0.5, 0.6) is 0 Å². The molecule has 0 spiro atoms. The number of hydrogen-bond donors (Lipinski definition) is 1. The Hall–Kier alpha value is -0.280. The van der Waals surface area contributed by atoms with Crippen LogP contribution in [-0.2, 0) is 9.59 Å². The second-order valence-electron chi connectivity index (χ2n) is 1.00. The Morgan fingerprint density at radius 2 is 1.88 bits per heavy atom. The zero-order valence-corrected chi connectivity index (χ0v) is 5.11. The third-order valence-corrected chi connectivity index (χ3v) is 1.13. The number of halogens is 2. The number of hydrogen-bond acceptors (Lipinski definition) is 2. The first-order chi connectivity index (χ1) is 3.55. The summed E-state index contributed by atoms with van der Waals surface area (Å²) in [5, 5.41) is 5.23. The Kier molecular flexibility index (Phi) is 2.79. The van der Waals surface area contributed by atoms with Crippen LogP contribution in [0.4, 0.5) is 0 Å². The summed E-state index contributed by atoms with van der Waals surface area (Å²) in [5.74, 6) is -1.42. The average Bonchev–Trinajstić information content (AvgIpc) is 1.64. The molecule has 46 valence electrons. The third kappa shape index (κ3) is 2.14. The lowest BCUT2D eigenvalue weighted by atomic mass is 10.5. The summed E-state index contributed by atoms with van der Waals surface area (Å²) in [6, 6.07) is 0. The molecule has 0 aromatic rings. The second-order valence-corrected chi connectivity index (χ2v) is 1.81. The number of carbonyl (C=O) groups is 2. The van der Waals surface area contributed by atoms with Gasteiger partial charge in [-0.25, -0.2) is 0 Å². The SMILES string of the molecule is O=C(O)C(Cl)C(=O)Cl. The molecule has 0 aromatic heterocycles. The van der Waals surface area contributed by atoms with Gasteiger partial charge in [0.05, 0.1) is 0 Å². The molecule has 3 nitrogen and oxygen atoms in total. The smallest absolute Gasteiger partial charge is 0.330 e. The van der Waals surface area contributed by atoms with Crippen molar-refractivity contribution in [2.24, 2.45) is 0 Å². The normalized spacial score (nSPS) is 12.8. The summed E-state index contributed by atoms with van der Waals surface area (Å²) in [7, 11) is 0. The van der Waals surface area contributed by atoms with E-state index in [0.29, 0.717) is 0 Å². The van der Waals surface area contributed by atoms with Crippen LogP contribution < -0.4 is 0 Å². The first-order valence-electron chi connectivity index (χ1n) is 1.62. The first kappa shape index (κ1) is 7.72. The maximum atomic E-state index is 9.84. The van der Waals surface area contributed by atoms with Crippen LogP contribution >= 0.6 is 23.2 Å². The lowest BCUT2D eigenvalue weighted by Crippen LogP contribution is -2.19. The molecule has 8 heavy (non-hydrogen) atoms. The second kappa shape index (κ2) is 2.89. The van der Waals surface area contributed by atoms with Gasteiger partial charge >= 0.3 is 5.97 Å². The molecule has 5 heteroatoms. The van der Waals surface area contributed by atoms with Gasteiger partial charge in [0.15, 0.2) is 0 Å². The monoisotopic (exact) mass is 156 g/mol. The molecule has 0 amide bonds. The van der Waals surface area contributed by atoms with Crippen LogP contribution in [0.3, 0.4) is 0 Å². The van der Waals surface area contributed by atoms with Crippen molar-refractivity contribution in [3.05, 3.63) is 0 Å². The number of rotatable bonds is 2. The molecule has 1 atom stereocenters. The molecule has 0 fully saturated rings. The Labute approximate surface area is 55.2 Å². The summed E-state index contributed by atoms with van der Waals surface area (Å²) in [4.78, 5) is 19.5. The van der Waals surface area contributed by atoms with Crippen molar-refractivity contribution >= 4 is 34.4 Å². The summed E-state index contributed by atoms with van der Waals surface area (Å²) >= 11 is 9.54. The van der Waals surface area contributed by atoms with E-state index in [1.807, 2.05) is 0 Å². The van der Waals surface area contributed by atoms with Gasteiger partial charge in [-0.1, -0.05) is 0 Å². The highest BCUT2D eigenvalue weighted by Gasteiger charge is 2.20. The maximum Gasteiger partial charge on any atom is 0.330 e. The number of alkyl halides is 1. The van der Waals surface area contributed by atoms with E-state index < -0.39 is 16.6 Å². The lowest BCUT2D eigenvalue weighted by Gasteiger charge is -1.91. The summed E-state index contributed by atoms with van der Waals surface area (Å²) < 4.78 is 0. The van der Waals surface area contributed by atoms with E-state index in [0.717, 1.165) is 0 Å². The van der Waals surface area contributed by atoms with Gasteiger partial charge in [-0.05, 0) is 11.6 Å². The van der Waals surface area contributed by atoms with Crippen molar-refractivity contribution in [1.82, 2.24) is 0 Å². The molecule has 0 aliphatic rings. The molecule has 1 unspecified atom stereocenters. The van der Waals surface area contributed by atoms with E-state index in [1.165, 1.54) is 0 Å². The van der Waals surface area contributed by atoms with E-state index >= 15 is 0 Å². The lowest BCUT2D eigenvalue weighted by molar-refractivity contribution is -0.138. The third-order valence-electron chi connectivity index (χ3n) is 0.416. The molecular formula is C3H2Cl2O3. The minimum atomic E-state index is -1.61. The minimum Gasteiger partial charge on any atom is -0.480 e. The highest BCUT2D eigenvalue weighted by molar-refractivity contribution is 6.71. The minimum absolute atomic E-state index is 1.07. The highest BCUT2D eigenvalue weighted by Crippen LogP contribution is 1.99. The number of carboxylic acids is 1. The summed E-state index contributed by atoms with van der Waals surface area (Å²) in [6.45, 7) is 0. The largest absolute Gasteiger partial charge is 0.480 e. The van der Waals surface area contributed by atoms with Crippen LogP contribution in [0.15, 0.2) is 0 Å². The van der Waals surface area contributed by atoms with Crippen molar-refractivity contribution in [2.75, 3.05) is 0 Å². The molecule has 0 aliphatic heterocycles. The molecule has 0 saturated carbocycles. The maximum absolute atomic E-state index is 9.84. The van der Waals surface area contributed by atoms with Crippen LogP contribution in [0.2, 0.25) is 0 Å². The quantitative estimate of drug-likeness (QED) is 0.359. The van der Waals surface area contributed by atoms with Crippen molar-refractivity contribution in [2.45, 2.75) is 5.38 Å². The standard InChI is InChI=1S/C3H2Cl2O3/c4-1(2(5)6)3(7)8/h1H,(H,7,8). The van der Waals surface area contributed by atoms with Crippen LogP contribution in [0.25, 0.3) is 0 Å². The zero-order valence-electron chi connectivity index (χ0n) is 3.60. The molecule has 0 radical (unpaired) electrons. The van der Waals surface area contributed by atoms with Gasteiger partial charge in [0.25, 0.3) is 5.24 Å². The van der Waals surface area contributed by atoms with Gasteiger partial charge in [-0.3, -0.25) is 9.59 Å². The average molecular weight is 157 g/mol. The van der Waals surface area contributed by atoms with Gasteiger partial charge in [0.2, 0.25) is 5.38 Å². The van der Waals surface area contributed by atoms with Gasteiger partial charge in [0.1, 0.15) is 0 Å². The number of carbonyl (C=O) groups excluding carboxylic acids is 1. The van der Waals surface area contributed by atoms with Crippen molar-refractivity contribution in [3.63, 3.8) is 0 Å². The fourth-order valence-corrected chi connectivity index (χ4v) is 0.190. The van der Waals surface area contributed by atoms with Crippen molar-refractivity contribution in [1.29, 1.82) is 0 Å². The van der Waals surface area contributed by atoms with E-state index in [4.69, 9.17) is 16.7 Å². The fourth-order valence-electron chi connectivity index (χ4n) is 0.0971. The molecule has 0 aliphatic carbocycles. The molecule has 0 bridgehead atoms. The van der Waals surface area contributed by atoms with Crippen molar-refractivity contribution < 1.29 is 14.7 Å². The van der Waals surface area contributed by atoms with E-state index in [9.17, 15) is 9.59 Å². The Morgan fingerprint density at radius 1 is 1.50 bits per heavy atom. The van der Waals surface area contributed by atoms with Crippen LogP contribution in [0.1, 0.15) is 0 Å². The highest BCUT2D eigenvalue weighted by atomic mass is 35.5. The van der Waals surface area contributed by atoms with Gasteiger partial charge in [0, 0.05) is 0 Å². The van der Waals surface area contributed by atoms with Crippen molar-refractivity contribution in [3.8, 4) is 0 Å². The molecular weight excluding hydrogens is 155 g/mol. The molecule has 1 N–H and O–H groups in total. The molecule has 0 saturated heterocycles. The zero-order chi connectivity index (χ0) is 6.73. The number of aliphatic carboxylic acids is 1.